The normalized spacial score (nSPS) is 13.7. The molecule has 2 fully saturated rings. The maximum absolute atomic E-state index is 10.5. The number of para-hydroxylation sites is 1. The highest BCUT2D eigenvalue weighted by Gasteiger charge is 2.28. The quantitative estimate of drug-likeness (QED) is 0.0331. The van der Waals surface area contributed by atoms with Crippen LogP contribution in [0.5, 0.6) is 34.5 Å². The number of halogens is 2. The molecule has 55 heavy (non-hydrogen) atoms. The summed E-state index contributed by atoms with van der Waals surface area (Å²) in [5, 5.41) is 64.4. The van der Waals surface area contributed by atoms with Gasteiger partial charge in [0.15, 0.2) is 23.0 Å². The number of rotatable bonds is 11. The molecule has 5 aromatic rings. The number of Topliss-reactive ketones (excluding diaryl/α,β-unsaturated/α-hetero) is 1. The van der Waals surface area contributed by atoms with Crippen LogP contribution in [-0.2, 0) is 11.2 Å². The first-order valence-electron chi connectivity index (χ1n) is 17.0. The molecule has 15 heteroatoms. The lowest BCUT2D eigenvalue weighted by Gasteiger charge is -2.04. The standard InChI is InChI=1S/C19H17N3O3S.C16H15NO3S.C5H7BrO.BrH/c23-16-9-8-13(17(24)18(16)25)10-20-22-15(12-6-7-12)11-26-19(22)21-14-4-2-1-3-5-14;18-14-7-6-12(15(19)16(14)20)9-17-10-13(21)8-11-4-2-1-3-5-11;6-3-5(7)4-1-2-4;/h1-5,8-12,23-25H,6-7H2;1-7,9,18-20H,8,10H2;4H,1-3H2;1H/b20-10+,21-19?;;;. The van der Waals surface area contributed by atoms with E-state index < -0.39 is 23.0 Å². The number of hydrogen-bond donors (Lipinski definition) is 6. The van der Waals surface area contributed by atoms with E-state index >= 15 is 0 Å². The van der Waals surface area contributed by atoms with Gasteiger partial charge in [0.25, 0.3) is 0 Å². The lowest BCUT2D eigenvalue weighted by atomic mass is 10.1. The fourth-order valence-corrected chi connectivity index (χ4v) is 6.54. The molecule has 0 amide bonds. The van der Waals surface area contributed by atoms with Crippen LogP contribution in [0.2, 0.25) is 0 Å². The molecule has 7 rings (SSSR count). The molecule has 0 atom stereocenters. The molecule has 11 nitrogen and oxygen atoms in total. The Kier molecular flexibility index (Phi) is 16.2. The van der Waals surface area contributed by atoms with Crippen molar-refractivity contribution in [1.82, 2.24) is 4.68 Å². The number of phenolic OH excluding ortho intramolecular Hbond substituents is 6. The molecular weight excluding hydrogens is 872 g/mol. The number of ketones is 1. The van der Waals surface area contributed by atoms with E-state index in [0.717, 1.165) is 52.3 Å². The van der Waals surface area contributed by atoms with E-state index in [0.29, 0.717) is 47.0 Å². The minimum absolute atomic E-state index is 0. The second-order valence-corrected chi connectivity index (χ2v) is 14.5. The van der Waals surface area contributed by atoms with Crippen LogP contribution in [0, 0.1) is 5.92 Å². The highest BCUT2D eigenvalue weighted by Crippen LogP contribution is 2.41. The van der Waals surface area contributed by atoms with Crippen molar-refractivity contribution in [2.45, 2.75) is 38.0 Å². The highest BCUT2D eigenvalue weighted by atomic mass is 79.9. The lowest BCUT2D eigenvalue weighted by molar-refractivity contribution is -0.117. The van der Waals surface area contributed by atoms with Gasteiger partial charge in [0.2, 0.25) is 16.3 Å². The second-order valence-electron chi connectivity index (χ2n) is 12.5. The van der Waals surface area contributed by atoms with Gasteiger partial charge in [-0.15, -0.1) is 28.3 Å². The van der Waals surface area contributed by atoms with Gasteiger partial charge in [-0.05, 0) is 67.6 Å². The Morgan fingerprint density at radius 3 is 1.87 bits per heavy atom. The van der Waals surface area contributed by atoms with Crippen LogP contribution in [0.1, 0.15) is 54.0 Å². The number of aromatic nitrogens is 1. The Balaban J connectivity index is 0.000000208. The van der Waals surface area contributed by atoms with Gasteiger partial charge in [-0.25, -0.2) is 9.67 Å². The molecule has 288 valence electrons. The first-order valence-corrected chi connectivity index (χ1v) is 19.4. The zero-order valence-electron chi connectivity index (χ0n) is 29.4. The first kappa shape index (κ1) is 42.9. The van der Waals surface area contributed by atoms with Crippen molar-refractivity contribution in [2.75, 3.05) is 11.9 Å². The van der Waals surface area contributed by atoms with Crippen molar-refractivity contribution in [2.24, 2.45) is 21.0 Å². The molecule has 6 N–H and O–H groups in total. The molecule has 2 aliphatic rings. The molecule has 1 aromatic heterocycles. The van der Waals surface area contributed by atoms with Gasteiger partial charge in [-0.3, -0.25) is 9.79 Å². The Hall–Kier alpha value is -4.83. The summed E-state index contributed by atoms with van der Waals surface area (Å²) in [7, 11) is 0. The monoisotopic (exact) mass is 910 g/mol. The molecular formula is C40H40Br2N4O7S2. The van der Waals surface area contributed by atoms with Gasteiger partial charge < -0.3 is 30.6 Å². The Labute approximate surface area is 346 Å². The van der Waals surface area contributed by atoms with E-state index in [2.05, 4.69) is 36.4 Å². The van der Waals surface area contributed by atoms with Crippen LogP contribution in [0.3, 0.4) is 0 Å². The summed E-state index contributed by atoms with van der Waals surface area (Å²) in [4.78, 5) is 20.8. The van der Waals surface area contributed by atoms with Crippen LogP contribution in [-0.4, -0.2) is 70.3 Å². The van der Waals surface area contributed by atoms with Crippen molar-refractivity contribution < 1.29 is 35.4 Å². The SMILES string of the molecule is Br.O=C(CBr)C1CC1.Oc1ccc(/C=N/n2c(C3CC3)csc2=Nc2ccccc2)c(O)c1O.Oc1ccc(C=NCC(=S)Cc2ccccc2)c(O)c1O. The first-order chi connectivity index (χ1) is 26.0. The Morgan fingerprint density at radius 2 is 1.35 bits per heavy atom. The number of alkyl halides is 1. The fraction of sp³-hybridized carbons (Fsp3) is 0.225. The van der Waals surface area contributed by atoms with E-state index in [1.54, 1.807) is 4.68 Å². The number of hydrogen-bond acceptors (Lipinski definition) is 12. The van der Waals surface area contributed by atoms with Crippen molar-refractivity contribution in [3.05, 3.63) is 117 Å². The van der Waals surface area contributed by atoms with Crippen LogP contribution in [0.15, 0.2) is 105 Å². The summed E-state index contributed by atoms with van der Waals surface area (Å²) in [5.41, 5.74) is 3.69. The van der Waals surface area contributed by atoms with Crippen LogP contribution >= 0.6 is 56.5 Å². The molecule has 2 aliphatic carbocycles. The summed E-state index contributed by atoms with van der Waals surface area (Å²) in [6.07, 6.45) is 8.06. The molecule has 0 saturated heterocycles. The van der Waals surface area contributed by atoms with E-state index in [1.807, 2.05) is 60.7 Å². The molecule has 0 spiro atoms. The number of thiocarbonyl (C=S) groups is 1. The number of benzene rings is 4. The van der Waals surface area contributed by atoms with Crippen molar-refractivity contribution >= 4 is 85.2 Å². The molecule has 0 aliphatic heterocycles. The Morgan fingerprint density at radius 1 is 0.782 bits per heavy atom. The fourth-order valence-electron chi connectivity index (χ4n) is 4.91. The van der Waals surface area contributed by atoms with Crippen molar-refractivity contribution in [1.29, 1.82) is 0 Å². The van der Waals surface area contributed by atoms with E-state index in [4.69, 9.17) is 12.2 Å². The third kappa shape index (κ3) is 12.6. The number of nitrogens with zero attached hydrogens (tertiary/aromatic N) is 4. The maximum atomic E-state index is 10.5. The molecule has 2 saturated carbocycles. The van der Waals surface area contributed by atoms with Crippen LogP contribution in [0.4, 0.5) is 5.69 Å². The number of phenols is 6. The molecule has 1 heterocycles. The van der Waals surface area contributed by atoms with Gasteiger partial charge in [0.05, 0.1) is 29.5 Å². The Bertz CT molecular complexity index is 2200. The minimum atomic E-state index is -0.555. The van der Waals surface area contributed by atoms with Crippen molar-refractivity contribution in [3.8, 4) is 34.5 Å². The number of aromatic hydroxyl groups is 6. The summed E-state index contributed by atoms with van der Waals surface area (Å²) < 4.78 is 1.78. The highest BCUT2D eigenvalue weighted by molar-refractivity contribution is 9.09. The van der Waals surface area contributed by atoms with Gasteiger partial charge in [-0.2, -0.15) is 5.10 Å². The number of carbonyl (C=O) groups excluding carboxylic acids is 1. The summed E-state index contributed by atoms with van der Waals surface area (Å²) in [5.74, 6) is -1.37. The van der Waals surface area contributed by atoms with Gasteiger partial charge in [0.1, 0.15) is 5.78 Å². The van der Waals surface area contributed by atoms with Gasteiger partial charge in [0, 0.05) is 45.8 Å². The molecule has 0 unspecified atom stereocenters. The summed E-state index contributed by atoms with van der Waals surface area (Å²) in [6.45, 7) is 0.352. The summed E-state index contributed by atoms with van der Waals surface area (Å²) >= 11 is 9.89. The molecule has 4 aromatic carbocycles. The lowest BCUT2D eigenvalue weighted by Crippen LogP contribution is -2.12. The summed E-state index contributed by atoms with van der Waals surface area (Å²) in [6, 6.07) is 25.1. The number of thiazole rings is 1. The minimum Gasteiger partial charge on any atom is -0.504 e. The van der Waals surface area contributed by atoms with E-state index in [1.165, 1.54) is 48.0 Å². The topological polar surface area (TPSA) is 180 Å². The number of carbonyl (C=O) groups is 1. The molecule has 0 bridgehead atoms. The predicted octanol–water partition coefficient (Wildman–Crippen LogP) is 8.43. The van der Waals surface area contributed by atoms with Gasteiger partial charge in [-0.1, -0.05) is 76.7 Å². The third-order valence-electron chi connectivity index (χ3n) is 8.23. The number of aliphatic imine (C=N–C) groups is 1. The zero-order chi connectivity index (χ0) is 38.6. The van der Waals surface area contributed by atoms with E-state index in [9.17, 15) is 35.4 Å². The third-order valence-corrected chi connectivity index (χ3v) is 9.89. The zero-order valence-corrected chi connectivity index (χ0v) is 34.3. The average molecular weight is 913 g/mol. The maximum Gasteiger partial charge on any atom is 0.211 e. The average Bonchev–Trinajstić information content (AvgIpc) is 4.13. The molecule has 0 radical (unpaired) electrons. The van der Waals surface area contributed by atoms with Crippen LogP contribution < -0.4 is 4.80 Å². The van der Waals surface area contributed by atoms with Gasteiger partial charge >= 0.3 is 0 Å². The van der Waals surface area contributed by atoms with Crippen LogP contribution in [0.25, 0.3) is 0 Å². The van der Waals surface area contributed by atoms with E-state index in [-0.39, 0.29) is 28.5 Å². The second kappa shape index (κ2) is 20.7. The predicted molar refractivity (Wildman–Crippen MR) is 229 cm³/mol. The van der Waals surface area contributed by atoms with Crippen molar-refractivity contribution in [3.63, 3.8) is 0 Å². The smallest absolute Gasteiger partial charge is 0.211 e. The largest absolute Gasteiger partial charge is 0.504 e.